The van der Waals surface area contributed by atoms with Crippen molar-refractivity contribution in [2.24, 2.45) is 0 Å². The second kappa shape index (κ2) is 12.2. The number of rotatable bonds is 6. The van der Waals surface area contributed by atoms with Crippen LogP contribution >= 0.6 is 22.7 Å². The number of para-hydroxylation sites is 2. The Kier molecular flexibility index (Phi) is 7.23. The highest BCUT2D eigenvalue weighted by molar-refractivity contribution is 7.22. The van der Waals surface area contributed by atoms with Gasteiger partial charge < -0.3 is 0 Å². The molecule has 4 heteroatoms. The van der Waals surface area contributed by atoms with Crippen molar-refractivity contribution in [2.45, 2.75) is 0 Å². The maximum Gasteiger partial charge on any atom is 0.124 e. The Hall–Kier alpha value is -5.68. The average Bonchev–Trinajstić information content (AvgIpc) is 3.80. The lowest BCUT2D eigenvalue weighted by Crippen LogP contribution is -1.87. The van der Waals surface area contributed by atoms with Crippen LogP contribution in [0.3, 0.4) is 0 Å². The maximum absolute atomic E-state index is 4.88. The van der Waals surface area contributed by atoms with Crippen LogP contribution in [0.5, 0.6) is 0 Å². The Morgan fingerprint density at radius 1 is 0.271 bits per heavy atom. The van der Waals surface area contributed by atoms with Gasteiger partial charge in [0.05, 0.1) is 20.4 Å². The van der Waals surface area contributed by atoms with Gasteiger partial charge in [0.2, 0.25) is 0 Å². The van der Waals surface area contributed by atoms with Crippen molar-refractivity contribution in [3.8, 4) is 65.6 Å². The fraction of sp³-hybridized carbons (Fsp3) is 0. The Labute approximate surface area is 287 Å². The third kappa shape index (κ3) is 5.51. The first-order valence-electron chi connectivity index (χ1n) is 16.0. The topological polar surface area (TPSA) is 25.8 Å². The van der Waals surface area contributed by atoms with Gasteiger partial charge in [0, 0.05) is 11.1 Å². The van der Waals surface area contributed by atoms with Crippen LogP contribution in [0.1, 0.15) is 0 Å². The van der Waals surface area contributed by atoms with E-state index in [1.54, 1.807) is 22.7 Å². The largest absolute Gasteiger partial charge is 0.236 e. The predicted octanol–water partition coefficient (Wildman–Crippen LogP) is 12.9. The Bertz CT molecular complexity index is 2320. The van der Waals surface area contributed by atoms with E-state index in [1.165, 1.54) is 53.9 Å². The van der Waals surface area contributed by atoms with Crippen molar-refractivity contribution in [2.75, 3.05) is 0 Å². The Morgan fingerprint density at radius 2 is 0.583 bits per heavy atom. The van der Waals surface area contributed by atoms with Crippen molar-refractivity contribution in [1.82, 2.24) is 9.97 Å². The lowest BCUT2D eigenvalue weighted by Gasteiger charge is -2.13. The molecule has 0 radical (unpaired) electrons. The van der Waals surface area contributed by atoms with Crippen LogP contribution in [0.25, 0.3) is 86.1 Å². The summed E-state index contributed by atoms with van der Waals surface area (Å²) in [5, 5.41) is 2.09. The number of nitrogens with zero attached hydrogens (tertiary/aromatic N) is 2. The molecule has 226 valence electrons. The fourth-order valence-electron chi connectivity index (χ4n) is 6.22. The summed E-state index contributed by atoms with van der Waals surface area (Å²) in [5.41, 5.74) is 13.9. The van der Waals surface area contributed by atoms with Crippen molar-refractivity contribution in [3.63, 3.8) is 0 Å². The predicted molar refractivity (Wildman–Crippen MR) is 205 cm³/mol. The summed E-state index contributed by atoms with van der Waals surface area (Å²) in [6.07, 6.45) is 0. The van der Waals surface area contributed by atoms with E-state index in [0.717, 1.165) is 32.2 Å². The molecule has 0 atom stereocenters. The number of aromatic nitrogens is 2. The van der Waals surface area contributed by atoms with Crippen LogP contribution in [0.15, 0.2) is 170 Å². The van der Waals surface area contributed by atoms with Gasteiger partial charge in [-0.3, -0.25) is 0 Å². The zero-order valence-electron chi connectivity index (χ0n) is 25.9. The quantitative estimate of drug-likeness (QED) is 0.179. The van der Waals surface area contributed by atoms with E-state index in [-0.39, 0.29) is 0 Å². The highest BCUT2D eigenvalue weighted by Gasteiger charge is 2.12. The molecule has 0 N–H and O–H groups in total. The Balaban J connectivity index is 1.10. The molecule has 9 rings (SSSR count). The Morgan fingerprint density at radius 3 is 0.979 bits per heavy atom. The van der Waals surface area contributed by atoms with Gasteiger partial charge in [0.15, 0.2) is 0 Å². The van der Waals surface area contributed by atoms with Crippen molar-refractivity contribution >= 4 is 43.1 Å². The minimum absolute atomic E-state index is 1.05. The SMILES string of the molecule is c1ccc(-c2ccc(-c3cc(-c4ccc(-c5nc6ccccc6s5)cc4)cc(-c4ccc(-c5nc6ccccc6s5)cc4)c3)cc2)cc1. The molecule has 2 nitrogen and oxygen atoms in total. The summed E-state index contributed by atoms with van der Waals surface area (Å²) >= 11 is 3.47. The number of hydrogen-bond donors (Lipinski definition) is 0. The molecule has 0 spiro atoms. The summed E-state index contributed by atoms with van der Waals surface area (Å²) in [7, 11) is 0. The molecule has 7 aromatic carbocycles. The normalized spacial score (nSPS) is 11.3. The molecule has 9 aromatic rings. The number of thiazole rings is 2. The first-order valence-corrected chi connectivity index (χ1v) is 17.6. The molecule has 0 aliphatic heterocycles. The molecule has 0 aliphatic carbocycles. The number of hydrogen-bond acceptors (Lipinski definition) is 4. The van der Waals surface area contributed by atoms with E-state index in [9.17, 15) is 0 Å². The number of benzene rings is 7. The molecule has 48 heavy (non-hydrogen) atoms. The standard InChI is InChI=1S/C44H28N2S2/c1-2-8-29(9-3-1)30-14-16-31(17-15-30)36-26-37(32-18-22-34(23-19-32)43-45-39-10-4-6-12-41(39)47-43)28-38(27-36)33-20-24-35(25-21-33)44-46-40-11-5-7-13-42(40)48-44/h1-28H. The van der Waals surface area contributed by atoms with Crippen LogP contribution in [-0.4, -0.2) is 9.97 Å². The van der Waals surface area contributed by atoms with Crippen LogP contribution in [-0.2, 0) is 0 Å². The summed E-state index contributed by atoms with van der Waals surface area (Å²) in [5.74, 6) is 0. The van der Waals surface area contributed by atoms with Crippen molar-refractivity contribution < 1.29 is 0 Å². The van der Waals surface area contributed by atoms with E-state index in [0.29, 0.717) is 0 Å². The highest BCUT2D eigenvalue weighted by atomic mass is 32.1. The van der Waals surface area contributed by atoms with Crippen LogP contribution in [0, 0.1) is 0 Å². The number of fused-ring (bicyclic) bond motifs is 2. The second-order valence-electron chi connectivity index (χ2n) is 11.9. The van der Waals surface area contributed by atoms with E-state index in [4.69, 9.17) is 9.97 Å². The van der Waals surface area contributed by atoms with Gasteiger partial charge in [-0.25, -0.2) is 9.97 Å². The molecule has 2 heterocycles. The van der Waals surface area contributed by atoms with Gasteiger partial charge in [-0.05, 0) is 87.0 Å². The van der Waals surface area contributed by atoms with Gasteiger partial charge >= 0.3 is 0 Å². The molecule has 0 saturated carbocycles. The van der Waals surface area contributed by atoms with Crippen molar-refractivity contribution in [3.05, 3.63) is 170 Å². The fourth-order valence-corrected chi connectivity index (χ4v) is 8.16. The zero-order valence-corrected chi connectivity index (χ0v) is 27.5. The molecule has 0 saturated heterocycles. The highest BCUT2D eigenvalue weighted by Crippen LogP contribution is 2.37. The molecule has 0 unspecified atom stereocenters. The van der Waals surface area contributed by atoms with Crippen LogP contribution < -0.4 is 0 Å². The molecule has 0 fully saturated rings. The molecule has 0 aliphatic rings. The summed E-state index contributed by atoms with van der Waals surface area (Å²) in [4.78, 5) is 9.76. The first kappa shape index (κ1) is 28.5. The lowest BCUT2D eigenvalue weighted by atomic mass is 9.92. The molecule has 0 bridgehead atoms. The van der Waals surface area contributed by atoms with Gasteiger partial charge in [0.1, 0.15) is 10.0 Å². The average molecular weight is 649 g/mol. The third-order valence-corrected chi connectivity index (χ3v) is 10.9. The van der Waals surface area contributed by atoms with E-state index >= 15 is 0 Å². The first-order chi connectivity index (χ1) is 23.7. The van der Waals surface area contributed by atoms with Gasteiger partial charge in [-0.15, -0.1) is 22.7 Å². The monoisotopic (exact) mass is 648 g/mol. The second-order valence-corrected chi connectivity index (χ2v) is 13.9. The lowest BCUT2D eigenvalue weighted by molar-refractivity contribution is 1.47. The molecular weight excluding hydrogens is 621 g/mol. The molecule has 2 aromatic heterocycles. The van der Waals surface area contributed by atoms with Gasteiger partial charge in [-0.2, -0.15) is 0 Å². The molecule has 0 amide bonds. The molecular formula is C44H28N2S2. The minimum atomic E-state index is 1.05. The summed E-state index contributed by atoms with van der Waals surface area (Å²) < 4.78 is 2.42. The van der Waals surface area contributed by atoms with Crippen LogP contribution in [0.2, 0.25) is 0 Å². The smallest absolute Gasteiger partial charge is 0.124 e. The van der Waals surface area contributed by atoms with Gasteiger partial charge in [0.25, 0.3) is 0 Å². The minimum Gasteiger partial charge on any atom is -0.236 e. The van der Waals surface area contributed by atoms with Crippen LogP contribution in [0.4, 0.5) is 0 Å². The van der Waals surface area contributed by atoms with E-state index in [2.05, 4.69) is 158 Å². The summed E-state index contributed by atoms with van der Waals surface area (Å²) in [6, 6.07) is 60.7. The van der Waals surface area contributed by atoms with E-state index in [1.807, 2.05) is 12.1 Å². The third-order valence-electron chi connectivity index (χ3n) is 8.78. The van der Waals surface area contributed by atoms with Crippen molar-refractivity contribution in [1.29, 1.82) is 0 Å². The summed E-state index contributed by atoms with van der Waals surface area (Å²) in [6.45, 7) is 0. The van der Waals surface area contributed by atoms with Gasteiger partial charge in [-0.1, -0.05) is 127 Å². The van der Waals surface area contributed by atoms with E-state index < -0.39 is 0 Å². The zero-order chi connectivity index (χ0) is 31.9. The maximum atomic E-state index is 4.88.